The van der Waals surface area contributed by atoms with Crippen LogP contribution in [0.3, 0.4) is 0 Å². The third-order valence-electron chi connectivity index (χ3n) is 3.52. The Labute approximate surface area is 153 Å². The maximum absolute atomic E-state index is 13.0. The predicted molar refractivity (Wildman–Crippen MR) is 92.1 cm³/mol. The third-order valence-corrected chi connectivity index (χ3v) is 4.54. The minimum absolute atomic E-state index is 0.0931. The summed E-state index contributed by atoms with van der Waals surface area (Å²) in [5, 5.41) is 12.7. The Morgan fingerprint density at radius 2 is 2.12 bits per heavy atom. The second-order valence-electron chi connectivity index (χ2n) is 5.28. The van der Waals surface area contributed by atoms with E-state index in [1.165, 1.54) is 39.7 Å². The SMILES string of the molecule is CCOC(=O)/C=C1\SCC(=O)N1CCn1nnc(-c2ccc(F)cc2)n1. The highest BCUT2D eigenvalue weighted by atomic mass is 32.2. The van der Waals surface area contributed by atoms with Crippen LogP contribution in [0.4, 0.5) is 4.39 Å². The van der Waals surface area contributed by atoms with Crippen LogP contribution in [-0.4, -0.2) is 55.9 Å². The van der Waals surface area contributed by atoms with Gasteiger partial charge in [0.1, 0.15) is 5.82 Å². The molecule has 0 radical (unpaired) electrons. The van der Waals surface area contributed by atoms with E-state index in [1.54, 1.807) is 19.1 Å². The van der Waals surface area contributed by atoms with Crippen molar-refractivity contribution in [2.24, 2.45) is 0 Å². The van der Waals surface area contributed by atoms with Crippen LogP contribution >= 0.6 is 11.8 Å². The van der Waals surface area contributed by atoms with E-state index in [4.69, 9.17) is 4.74 Å². The number of halogens is 1. The number of ether oxygens (including phenoxy) is 1. The van der Waals surface area contributed by atoms with Gasteiger partial charge in [-0.05, 0) is 36.4 Å². The van der Waals surface area contributed by atoms with E-state index in [1.807, 2.05) is 0 Å². The zero-order chi connectivity index (χ0) is 18.5. The molecule has 0 bridgehead atoms. The Balaban J connectivity index is 1.65. The standard InChI is InChI=1S/C16H16FN5O3S/c1-2-25-15(24)9-14-21(13(23)10-26-14)7-8-22-19-16(18-20-22)11-3-5-12(17)6-4-11/h3-6,9H,2,7-8,10H2,1H3/b14-9-. The summed E-state index contributed by atoms with van der Waals surface area (Å²) in [4.78, 5) is 26.5. The number of hydrogen-bond acceptors (Lipinski definition) is 7. The molecule has 1 saturated heterocycles. The molecule has 1 amide bonds. The number of carbonyl (C=O) groups excluding carboxylic acids is 2. The average Bonchev–Trinajstić information content (AvgIpc) is 3.21. The number of carbonyl (C=O) groups is 2. The van der Waals surface area contributed by atoms with Crippen LogP contribution < -0.4 is 0 Å². The number of thioether (sulfide) groups is 1. The van der Waals surface area contributed by atoms with E-state index in [0.717, 1.165) is 0 Å². The predicted octanol–water partition coefficient (Wildman–Crippen LogP) is 1.46. The normalized spacial score (nSPS) is 15.7. The number of hydrogen-bond donors (Lipinski definition) is 0. The fraction of sp³-hybridized carbons (Fsp3) is 0.312. The van der Waals surface area contributed by atoms with Crippen LogP contribution in [0.25, 0.3) is 11.4 Å². The number of benzene rings is 1. The fourth-order valence-electron chi connectivity index (χ4n) is 2.30. The van der Waals surface area contributed by atoms with Gasteiger partial charge in [-0.2, -0.15) is 4.80 Å². The van der Waals surface area contributed by atoms with Gasteiger partial charge in [0.05, 0.1) is 30.0 Å². The highest BCUT2D eigenvalue weighted by Gasteiger charge is 2.27. The second-order valence-corrected chi connectivity index (χ2v) is 6.28. The Kier molecular flexibility index (Phi) is 5.61. The molecule has 136 valence electrons. The Morgan fingerprint density at radius 3 is 2.85 bits per heavy atom. The molecule has 1 aliphatic heterocycles. The van der Waals surface area contributed by atoms with Gasteiger partial charge in [0.2, 0.25) is 11.7 Å². The van der Waals surface area contributed by atoms with Gasteiger partial charge < -0.3 is 9.64 Å². The Bertz CT molecular complexity index is 837. The van der Waals surface area contributed by atoms with Crippen molar-refractivity contribution in [1.82, 2.24) is 25.1 Å². The Morgan fingerprint density at radius 1 is 1.35 bits per heavy atom. The van der Waals surface area contributed by atoms with Gasteiger partial charge in [-0.3, -0.25) is 4.79 Å². The maximum atomic E-state index is 13.0. The molecule has 10 heteroatoms. The van der Waals surface area contributed by atoms with Crippen LogP contribution in [0.2, 0.25) is 0 Å². The van der Waals surface area contributed by atoms with Crippen molar-refractivity contribution >= 4 is 23.6 Å². The summed E-state index contributed by atoms with van der Waals surface area (Å²) in [6.07, 6.45) is 1.32. The highest BCUT2D eigenvalue weighted by molar-refractivity contribution is 8.04. The van der Waals surface area contributed by atoms with Gasteiger partial charge in [0, 0.05) is 12.1 Å². The van der Waals surface area contributed by atoms with Crippen LogP contribution in [0.5, 0.6) is 0 Å². The van der Waals surface area contributed by atoms with E-state index in [2.05, 4.69) is 15.4 Å². The quantitative estimate of drug-likeness (QED) is 0.556. The van der Waals surface area contributed by atoms with E-state index in [-0.39, 0.29) is 24.1 Å². The number of amides is 1. The largest absolute Gasteiger partial charge is 0.463 e. The lowest BCUT2D eigenvalue weighted by Gasteiger charge is -2.16. The van der Waals surface area contributed by atoms with Crippen molar-refractivity contribution in [3.05, 3.63) is 41.2 Å². The van der Waals surface area contributed by atoms with E-state index in [0.29, 0.717) is 29.5 Å². The summed E-state index contributed by atoms with van der Waals surface area (Å²) in [7, 11) is 0. The molecular weight excluding hydrogens is 361 g/mol. The molecule has 0 atom stereocenters. The summed E-state index contributed by atoms with van der Waals surface area (Å²) in [6.45, 7) is 2.60. The van der Waals surface area contributed by atoms with E-state index < -0.39 is 5.97 Å². The lowest BCUT2D eigenvalue weighted by molar-refractivity contribution is -0.137. The molecule has 2 aromatic rings. The topological polar surface area (TPSA) is 90.2 Å². The van der Waals surface area contributed by atoms with Gasteiger partial charge in [0.25, 0.3) is 0 Å². The molecule has 0 unspecified atom stereocenters. The summed E-state index contributed by atoms with van der Waals surface area (Å²) >= 11 is 1.29. The molecule has 0 aliphatic carbocycles. The molecule has 26 heavy (non-hydrogen) atoms. The van der Waals surface area contributed by atoms with Crippen molar-refractivity contribution in [3.63, 3.8) is 0 Å². The van der Waals surface area contributed by atoms with Gasteiger partial charge in [-0.15, -0.1) is 10.2 Å². The second kappa shape index (κ2) is 8.09. The third kappa shape index (κ3) is 4.26. The molecule has 8 nitrogen and oxygen atoms in total. The zero-order valence-electron chi connectivity index (χ0n) is 14.0. The molecule has 0 N–H and O–H groups in total. The molecule has 0 saturated carbocycles. The lowest BCUT2D eigenvalue weighted by atomic mass is 10.2. The molecular formula is C16H16FN5O3S. The molecule has 1 fully saturated rings. The fourth-order valence-corrected chi connectivity index (χ4v) is 3.25. The molecule has 1 aromatic heterocycles. The summed E-state index contributed by atoms with van der Waals surface area (Å²) in [5.41, 5.74) is 0.647. The first-order valence-electron chi connectivity index (χ1n) is 7.92. The van der Waals surface area contributed by atoms with Gasteiger partial charge >= 0.3 is 5.97 Å². The van der Waals surface area contributed by atoms with E-state index >= 15 is 0 Å². The minimum atomic E-state index is -0.479. The maximum Gasteiger partial charge on any atom is 0.333 e. The summed E-state index contributed by atoms with van der Waals surface area (Å²) in [6, 6.07) is 5.78. The summed E-state index contributed by atoms with van der Waals surface area (Å²) < 4.78 is 17.9. The summed E-state index contributed by atoms with van der Waals surface area (Å²) in [5.74, 6) is -0.269. The highest BCUT2D eigenvalue weighted by Crippen LogP contribution is 2.28. The van der Waals surface area contributed by atoms with Crippen LogP contribution in [0, 0.1) is 5.82 Å². The monoisotopic (exact) mass is 377 g/mol. The van der Waals surface area contributed by atoms with Crippen molar-refractivity contribution < 1.29 is 18.7 Å². The van der Waals surface area contributed by atoms with Crippen LogP contribution in [0.1, 0.15) is 6.92 Å². The minimum Gasteiger partial charge on any atom is -0.463 e. The number of aromatic nitrogens is 4. The first-order chi connectivity index (χ1) is 12.6. The number of nitrogens with zero attached hydrogens (tertiary/aromatic N) is 5. The van der Waals surface area contributed by atoms with Crippen LogP contribution in [0.15, 0.2) is 35.4 Å². The molecule has 2 heterocycles. The average molecular weight is 377 g/mol. The van der Waals surface area contributed by atoms with Crippen molar-refractivity contribution in [3.8, 4) is 11.4 Å². The number of esters is 1. The first-order valence-corrected chi connectivity index (χ1v) is 8.90. The zero-order valence-corrected chi connectivity index (χ0v) is 14.8. The molecule has 0 spiro atoms. The first kappa shape index (κ1) is 18.1. The smallest absolute Gasteiger partial charge is 0.333 e. The lowest BCUT2D eigenvalue weighted by Crippen LogP contribution is -2.29. The molecule has 1 aliphatic rings. The van der Waals surface area contributed by atoms with Gasteiger partial charge in [-0.1, -0.05) is 11.8 Å². The Hall–Kier alpha value is -2.75. The number of rotatable bonds is 6. The van der Waals surface area contributed by atoms with Gasteiger partial charge in [0.15, 0.2) is 0 Å². The van der Waals surface area contributed by atoms with E-state index in [9.17, 15) is 14.0 Å². The van der Waals surface area contributed by atoms with Gasteiger partial charge in [-0.25, -0.2) is 9.18 Å². The van der Waals surface area contributed by atoms with Crippen molar-refractivity contribution in [2.75, 3.05) is 18.9 Å². The molecule has 3 rings (SSSR count). The molecule has 1 aromatic carbocycles. The van der Waals surface area contributed by atoms with Crippen molar-refractivity contribution in [2.45, 2.75) is 13.5 Å². The number of tetrazole rings is 1. The van der Waals surface area contributed by atoms with Crippen molar-refractivity contribution in [1.29, 1.82) is 0 Å². The van der Waals surface area contributed by atoms with Crippen LogP contribution in [-0.2, 0) is 20.9 Å².